The maximum Gasteiger partial charge on any atom is 0.512 e. The fraction of sp³-hybridized carbons (Fsp3) is 0. The highest BCUT2D eigenvalue weighted by atomic mass is 79.9. The minimum atomic E-state index is -1.32. The highest BCUT2D eigenvalue weighted by molar-refractivity contribution is 9.10. The number of ether oxygens (including phenoxy) is 1. The van der Waals surface area contributed by atoms with Gasteiger partial charge < -0.3 is 9.84 Å². The molecule has 0 aliphatic carbocycles. The van der Waals surface area contributed by atoms with Crippen LogP contribution in [0.25, 0.3) is 10.4 Å². The molecule has 0 amide bonds. The first kappa shape index (κ1) is 12.4. The summed E-state index contributed by atoms with van der Waals surface area (Å²) in [5.41, 5.74) is 0.912. The van der Waals surface area contributed by atoms with Crippen LogP contribution in [-0.2, 0) is 0 Å². The summed E-state index contributed by atoms with van der Waals surface area (Å²) in [6.07, 6.45) is -1.32. The molecule has 88 valence electrons. The van der Waals surface area contributed by atoms with Gasteiger partial charge >= 0.3 is 6.16 Å². The predicted molar refractivity (Wildman–Crippen MR) is 71.1 cm³/mol. The topological polar surface area (TPSA) is 46.5 Å². The van der Waals surface area contributed by atoms with Gasteiger partial charge in [0.25, 0.3) is 0 Å². The number of benzene rings is 1. The van der Waals surface area contributed by atoms with Gasteiger partial charge in [0, 0.05) is 15.6 Å². The zero-order valence-electron chi connectivity index (χ0n) is 8.31. The molecule has 1 aromatic carbocycles. The number of hydrogen-bond donors (Lipinski definition) is 1. The minimum absolute atomic E-state index is 0.319. The Kier molecular flexibility index (Phi) is 3.71. The molecule has 2 aromatic rings. The van der Waals surface area contributed by atoms with Crippen LogP contribution in [0.4, 0.5) is 4.79 Å². The molecule has 0 saturated heterocycles. The molecule has 3 nitrogen and oxygen atoms in total. The minimum Gasteiger partial charge on any atom is -0.449 e. The summed E-state index contributed by atoms with van der Waals surface area (Å²) in [6, 6.07) is 8.94. The van der Waals surface area contributed by atoms with Gasteiger partial charge in [-0.15, -0.1) is 0 Å². The van der Waals surface area contributed by atoms with Crippen molar-refractivity contribution in [1.82, 2.24) is 0 Å². The van der Waals surface area contributed by atoms with E-state index in [0.29, 0.717) is 10.1 Å². The van der Waals surface area contributed by atoms with Crippen molar-refractivity contribution >= 4 is 45.0 Å². The molecule has 0 spiro atoms. The van der Waals surface area contributed by atoms with Crippen LogP contribution in [0.15, 0.2) is 34.8 Å². The molecule has 17 heavy (non-hydrogen) atoms. The number of rotatable bonds is 2. The van der Waals surface area contributed by atoms with Gasteiger partial charge in [0.1, 0.15) is 0 Å². The lowest BCUT2D eigenvalue weighted by molar-refractivity contribution is 0.146. The van der Waals surface area contributed by atoms with E-state index in [1.807, 2.05) is 18.2 Å². The van der Waals surface area contributed by atoms with Crippen molar-refractivity contribution in [2.45, 2.75) is 0 Å². The van der Waals surface area contributed by atoms with Crippen molar-refractivity contribution in [3.8, 4) is 15.5 Å². The van der Waals surface area contributed by atoms with Crippen LogP contribution in [0, 0.1) is 0 Å². The van der Waals surface area contributed by atoms with E-state index in [9.17, 15) is 4.79 Å². The quantitative estimate of drug-likeness (QED) is 0.796. The van der Waals surface area contributed by atoms with Gasteiger partial charge in [0.15, 0.2) is 5.06 Å². The molecule has 0 saturated carbocycles. The summed E-state index contributed by atoms with van der Waals surface area (Å²) in [5.74, 6) is 0. The predicted octanol–water partition coefficient (Wildman–Crippen LogP) is 4.89. The van der Waals surface area contributed by atoms with E-state index in [4.69, 9.17) is 16.7 Å². The van der Waals surface area contributed by atoms with Gasteiger partial charge in [0.2, 0.25) is 0 Å². The molecule has 0 aliphatic heterocycles. The van der Waals surface area contributed by atoms with Crippen molar-refractivity contribution < 1.29 is 14.6 Å². The fourth-order valence-electron chi connectivity index (χ4n) is 1.31. The Labute approximate surface area is 115 Å². The van der Waals surface area contributed by atoms with Crippen LogP contribution in [0.1, 0.15) is 0 Å². The molecule has 1 heterocycles. The molecule has 1 N–H and O–H groups in total. The Morgan fingerprint density at radius 2 is 2.18 bits per heavy atom. The molecular weight excluding hydrogens is 328 g/mol. The van der Waals surface area contributed by atoms with E-state index in [-0.39, 0.29) is 0 Å². The van der Waals surface area contributed by atoms with Gasteiger partial charge in [-0.2, -0.15) is 0 Å². The molecule has 0 fully saturated rings. The first-order chi connectivity index (χ1) is 8.06. The zero-order chi connectivity index (χ0) is 12.4. The summed E-state index contributed by atoms with van der Waals surface area (Å²) >= 11 is 10.5. The normalized spacial score (nSPS) is 10.2. The molecule has 1 aromatic heterocycles. The largest absolute Gasteiger partial charge is 0.512 e. The van der Waals surface area contributed by atoms with E-state index >= 15 is 0 Å². The zero-order valence-corrected chi connectivity index (χ0v) is 11.5. The average Bonchev–Trinajstić information content (AvgIpc) is 2.58. The monoisotopic (exact) mass is 332 g/mol. The van der Waals surface area contributed by atoms with E-state index in [0.717, 1.165) is 14.9 Å². The van der Waals surface area contributed by atoms with Crippen molar-refractivity contribution in [1.29, 1.82) is 0 Å². The highest BCUT2D eigenvalue weighted by Gasteiger charge is 2.12. The Hall–Kier alpha value is -1.04. The number of thiophene rings is 1. The maximum atomic E-state index is 10.4. The van der Waals surface area contributed by atoms with Gasteiger partial charge in [-0.25, -0.2) is 4.79 Å². The highest BCUT2D eigenvalue weighted by Crippen LogP contribution is 2.41. The third-order valence-electron chi connectivity index (χ3n) is 1.94. The molecule has 0 unspecified atom stereocenters. The SMILES string of the molecule is O=C(O)Oc1cc(Br)c(-c2cccc(Cl)c2)s1. The molecule has 0 atom stereocenters. The summed E-state index contributed by atoms with van der Waals surface area (Å²) in [7, 11) is 0. The van der Waals surface area contributed by atoms with E-state index in [2.05, 4.69) is 20.7 Å². The number of halogens is 2. The Morgan fingerprint density at radius 3 is 2.82 bits per heavy atom. The lowest BCUT2D eigenvalue weighted by Gasteiger charge is -1.98. The Balaban J connectivity index is 2.39. The summed E-state index contributed by atoms with van der Waals surface area (Å²) in [6.45, 7) is 0. The fourth-order valence-corrected chi connectivity index (χ4v) is 3.22. The first-order valence-corrected chi connectivity index (χ1v) is 6.51. The standard InChI is InChI=1S/C11H6BrClO3S/c12-8-5-9(16-11(14)15)17-10(8)6-2-1-3-7(13)4-6/h1-5H,(H,14,15). The summed E-state index contributed by atoms with van der Waals surface area (Å²) in [4.78, 5) is 11.3. The molecule has 0 aliphatic rings. The summed E-state index contributed by atoms with van der Waals surface area (Å²) in [5, 5.41) is 9.48. The van der Waals surface area contributed by atoms with E-state index in [1.165, 1.54) is 11.3 Å². The van der Waals surface area contributed by atoms with Crippen molar-refractivity contribution in [2.24, 2.45) is 0 Å². The number of carbonyl (C=O) groups is 1. The summed E-state index contributed by atoms with van der Waals surface area (Å²) < 4.78 is 5.38. The van der Waals surface area contributed by atoms with Gasteiger partial charge in [-0.3, -0.25) is 0 Å². The number of hydrogen-bond acceptors (Lipinski definition) is 3. The molecule has 6 heteroatoms. The van der Waals surface area contributed by atoms with Crippen LogP contribution >= 0.6 is 38.9 Å². The molecular formula is C11H6BrClO3S. The number of carboxylic acid groups (broad SMARTS) is 1. The van der Waals surface area contributed by atoms with E-state index in [1.54, 1.807) is 12.1 Å². The van der Waals surface area contributed by atoms with Crippen LogP contribution < -0.4 is 4.74 Å². The van der Waals surface area contributed by atoms with E-state index < -0.39 is 6.16 Å². The average molecular weight is 334 g/mol. The van der Waals surface area contributed by atoms with Crippen LogP contribution in [-0.4, -0.2) is 11.3 Å². The first-order valence-electron chi connectivity index (χ1n) is 4.52. The second-order valence-corrected chi connectivity index (χ2v) is 5.43. The van der Waals surface area contributed by atoms with Crippen LogP contribution in [0.5, 0.6) is 5.06 Å². The maximum absolute atomic E-state index is 10.4. The second kappa shape index (κ2) is 5.08. The van der Waals surface area contributed by atoms with Gasteiger partial charge in [0.05, 0.1) is 4.88 Å². The van der Waals surface area contributed by atoms with Crippen molar-refractivity contribution in [3.63, 3.8) is 0 Å². The lowest BCUT2D eigenvalue weighted by Crippen LogP contribution is -2.00. The molecule has 2 rings (SSSR count). The smallest absolute Gasteiger partial charge is 0.449 e. The Bertz CT molecular complexity index is 568. The van der Waals surface area contributed by atoms with Crippen molar-refractivity contribution in [3.05, 3.63) is 39.8 Å². The van der Waals surface area contributed by atoms with Gasteiger partial charge in [-0.05, 0) is 33.6 Å². The third kappa shape index (κ3) is 3.00. The van der Waals surface area contributed by atoms with Crippen LogP contribution in [0.3, 0.4) is 0 Å². The van der Waals surface area contributed by atoms with Crippen molar-refractivity contribution in [2.75, 3.05) is 0 Å². The second-order valence-electron chi connectivity index (χ2n) is 3.12. The Morgan fingerprint density at radius 1 is 1.41 bits per heavy atom. The lowest BCUT2D eigenvalue weighted by atomic mass is 10.2. The molecule has 0 bridgehead atoms. The third-order valence-corrected chi connectivity index (χ3v) is 4.12. The van der Waals surface area contributed by atoms with Crippen LogP contribution in [0.2, 0.25) is 5.02 Å². The molecule has 0 radical (unpaired) electrons. The van der Waals surface area contributed by atoms with Gasteiger partial charge in [-0.1, -0.05) is 35.1 Å².